The molecule has 114 valence electrons. The lowest BCUT2D eigenvalue weighted by Gasteiger charge is -2.47. The van der Waals surface area contributed by atoms with Crippen LogP contribution < -0.4 is 5.32 Å². The van der Waals surface area contributed by atoms with Crippen LogP contribution in [0.1, 0.15) is 43.2 Å². The molecule has 1 spiro atoms. The molecule has 1 N–H and O–H groups in total. The number of rotatable bonds is 4. The first-order valence-corrected chi connectivity index (χ1v) is 7.70. The van der Waals surface area contributed by atoms with Crippen LogP contribution in [0.2, 0.25) is 0 Å². The third kappa shape index (κ3) is 2.94. The van der Waals surface area contributed by atoms with Crippen molar-refractivity contribution >= 4 is 5.69 Å². The summed E-state index contributed by atoms with van der Waals surface area (Å²) in [6, 6.07) is 5.75. The third-order valence-electron chi connectivity index (χ3n) is 4.95. The molecule has 1 aromatic carbocycles. The number of ether oxygens (including phenoxy) is 1. The van der Waals surface area contributed by atoms with Crippen LogP contribution in [0, 0.1) is 17.0 Å². The van der Waals surface area contributed by atoms with Crippen molar-refractivity contribution in [2.45, 2.75) is 57.2 Å². The fraction of sp³-hybridized carbons (Fsp3) is 0.625. The quantitative estimate of drug-likeness (QED) is 0.683. The Balaban J connectivity index is 1.62. The minimum absolute atomic E-state index is 0.133. The van der Waals surface area contributed by atoms with Gasteiger partial charge in [-0.15, -0.1) is 0 Å². The average molecular weight is 290 g/mol. The van der Waals surface area contributed by atoms with Gasteiger partial charge < -0.3 is 10.1 Å². The molecular weight excluding hydrogens is 268 g/mol. The van der Waals surface area contributed by atoms with Gasteiger partial charge in [-0.2, -0.15) is 0 Å². The zero-order valence-electron chi connectivity index (χ0n) is 12.4. The molecule has 1 saturated heterocycles. The molecule has 0 aromatic heterocycles. The van der Waals surface area contributed by atoms with Crippen molar-refractivity contribution in [3.05, 3.63) is 39.4 Å². The monoisotopic (exact) mass is 290 g/mol. The Morgan fingerprint density at radius 3 is 2.95 bits per heavy atom. The van der Waals surface area contributed by atoms with E-state index in [0.717, 1.165) is 30.6 Å². The van der Waals surface area contributed by atoms with Crippen molar-refractivity contribution in [3.8, 4) is 0 Å². The Kier molecular flexibility index (Phi) is 3.95. The number of nitro benzene ring substituents is 1. The molecule has 0 amide bonds. The van der Waals surface area contributed by atoms with Gasteiger partial charge in [-0.25, -0.2) is 0 Å². The van der Waals surface area contributed by atoms with E-state index in [2.05, 4.69) is 5.32 Å². The lowest BCUT2D eigenvalue weighted by atomic mass is 9.74. The molecule has 3 rings (SSSR count). The van der Waals surface area contributed by atoms with Crippen molar-refractivity contribution in [3.63, 3.8) is 0 Å². The number of hydrogen-bond donors (Lipinski definition) is 1. The second-order valence-electron chi connectivity index (χ2n) is 6.27. The zero-order chi connectivity index (χ0) is 14.9. The van der Waals surface area contributed by atoms with Crippen LogP contribution in [-0.4, -0.2) is 23.2 Å². The minimum Gasteiger partial charge on any atom is -0.375 e. The van der Waals surface area contributed by atoms with Gasteiger partial charge in [0.25, 0.3) is 5.69 Å². The van der Waals surface area contributed by atoms with E-state index in [0.29, 0.717) is 12.6 Å². The van der Waals surface area contributed by atoms with Gasteiger partial charge in [0.1, 0.15) is 0 Å². The highest BCUT2D eigenvalue weighted by Gasteiger charge is 2.42. The summed E-state index contributed by atoms with van der Waals surface area (Å²) in [5, 5.41) is 14.5. The van der Waals surface area contributed by atoms with Crippen LogP contribution >= 0.6 is 0 Å². The van der Waals surface area contributed by atoms with Crippen molar-refractivity contribution in [1.82, 2.24) is 5.32 Å². The molecule has 2 fully saturated rings. The maximum atomic E-state index is 11.0. The van der Waals surface area contributed by atoms with E-state index in [9.17, 15) is 10.1 Å². The minimum atomic E-state index is -0.309. The highest BCUT2D eigenvalue weighted by molar-refractivity contribution is 5.44. The van der Waals surface area contributed by atoms with E-state index in [1.165, 1.54) is 19.3 Å². The second kappa shape index (κ2) is 5.73. The normalized spacial score (nSPS) is 23.8. The van der Waals surface area contributed by atoms with Gasteiger partial charge in [-0.1, -0.05) is 12.1 Å². The standard InChI is InChI=1S/C16H22N2O3/c1-12-13(4-2-5-15(12)18(19)20)11-17-14-6-9-21-16(10-14)7-3-8-16/h2,4-5,14,17H,3,6-11H2,1H3. The zero-order valence-corrected chi connectivity index (χ0v) is 12.4. The summed E-state index contributed by atoms with van der Waals surface area (Å²) >= 11 is 0. The highest BCUT2D eigenvalue weighted by atomic mass is 16.6. The predicted molar refractivity (Wildman–Crippen MR) is 80.2 cm³/mol. The first-order chi connectivity index (χ1) is 10.1. The summed E-state index contributed by atoms with van der Waals surface area (Å²) < 4.78 is 5.93. The number of nitrogens with zero attached hydrogens (tertiary/aromatic N) is 1. The Labute approximate surface area is 124 Å². The topological polar surface area (TPSA) is 64.4 Å². The highest BCUT2D eigenvalue weighted by Crippen LogP contribution is 2.42. The second-order valence-corrected chi connectivity index (χ2v) is 6.27. The summed E-state index contributed by atoms with van der Waals surface area (Å²) in [5.41, 5.74) is 2.11. The molecule has 1 heterocycles. The predicted octanol–water partition coefficient (Wildman–Crippen LogP) is 3.09. The van der Waals surface area contributed by atoms with Gasteiger partial charge >= 0.3 is 0 Å². The molecule has 21 heavy (non-hydrogen) atoms. The summed E-state index contributed by atoms with van der Waals surface area (Å²) in [7, 11) is 0. The average Bonchev–Trinajstić information content (AvgIpc) is 2.44. The van der Waals surface area contributed by atoms with Gasteiger partial charge in [0.2, 0.25) is 0 Å². The SMILES string of the molecule is Cc1c(CNC2CCOC3(CCC3)C2)cccc1[N+](=O)[O-]. The van der Waals surface area contributed by atoms with Crippen molar-refractivity contribution in [2.75, 3.05) is 6.61 Å². The molecule has 1 aromatic rings. The molecule has 0 bridgehead atoms. The molecule has 0 radical (unpaired) electrons. The number of nitrogens with one attached hydrogen (secondary N) is 1. The van der Waals surface area contributed by atoms with E-state index < -0.39 is 0 Å². The largest absolute Gasteiger partial charge is 0.375 e. The van der Waals surface area contributed by atoms with Crippen LogP contribution in [0.4, 0.5) is 5.69 Å². The van der Waals surface area contributed by atoms with E-state index in [-0.39, 0.29) is 16.2 Å². The fourth-order valence-corrected chi connectivity index (χ4v) is 3.44. The Bertz CT molecular complexity index is 540. The molecule has 1 aliphatic carbocycles. The van der Waals surface area contributed by atoms with Crippen LogP contribution in [0.3, 0.4) is 0 Å². The lowest BCUT2D eigenvalue weighted by Crippen LogP contribution is -2.50. The Morgan fingerprint density at radius 2 is 2.29 bits per heavy atom. The van der Waals surface area contributed by atoms with E-state index in [1.807, 2.05) is 13.0 Å². The first kappa shape index (κ1) is 14.5. The maximum absolute atomic E-state index is 11.0. The lowest BCUT2D eigenvalue weighted by molar-refractivity contribution is -0.385. The van der Waals surface area contributed by atoms with Crippen LogP contribution in [0.25, 0.3) is 0 Å². The molecule has 2 aliphatic rings. The van der Waals surface area contributed by atoms with E-state index in [4.69, 9.17) is 4.74 Å². The van der Waals surface area contributed by atoms with E-state index >= 15 is 0 Å². The third-order valence-corrected chi connectivity index (χ3v) is 4.95. The molecule has 1 atom stereocenters. The van der Waals surface area contributed by atoms with Gasteiger partial charge in [-0.05, 0) is 44.6 Å². The van der Waals surface area contributed by atoms with Crippen molar-refractivity contribution < 1.29 is 9.66 Å². The van der Waals surface area contributed by atoms with Gasteiger partial charge in [0, 0.05) is 30.8 Å². The molecular formula is C16H22N2O3. The Hall–Kier alpha value is -1.46. The summed E-state index contributed by atoms with van der Waals surface area (Å²) in [4.78, 5) is 10.7. The number of benzene rings is 1. The molecule has 1 aliphatic heterocycles. The van der Waals surface area contributed by atoms with Crippen LogP contribution in [0.5, 0.6) is 0 Å². The number of hydrogen-bond acceptors (Lipinski definition) is 4. The molecule has 5 nitrogen and oxygen atoms in total. The molecule has 1 saturated carbocycles. The van der Waals surface area contributed by atoms with Crippen LogP contribution in [-0.2, 0) is 11.3 Å². The fourth-order valence-electron chi connectivity index (χ4n) is 3.44. The van der Waals surface area contributed by atoms with Crippen LogP contribution in [0.15, 0.2) is 18.2 Å². The van der Waals surface area contributed by atoms with Gasteiger partial charge in [0.05, 0.1) is 10.5 Å². The summed E-state index contributed by atoms with van der Waals surface area (Å²) in [6.07, 6.45) is 5.73. The maximum Gasteiger partial charge on any atom is 0.272 e. The Morgan fingerprint density at radius 1 is 1.48 bits per heavy atom. The number of nitro groups is 1. The summed E-state index contributed by atoms with van der Waals surface area (Å²) in [5.74, 6) is 0. The van der Waals surface area contributed by atoms with Gasteiger partial charge in [-0.3, -0.25) is 10.1 Å². The van der Waals surface area contributed by atoms with E-state index in [1.54, 1.807) is 12.1 Å². The smallest absolute Gasteiger partial charge is 0.272 e. The molecule has 1 unspecified atom stereocenters. The first-order valence-electron chi connectivity index (χ1n) is 7.70. The molecule has 5 heteroatoms. The summed E-state index contributed by atoms with van der Waals surface area (Å²) in [6.45, 7) is 3.34. The van der Waals surface area contributed by atoms with Gasteiger partial charge in [0.15, 0.2) is 0 Å². The van der Waals surface area contributed by atoms with Crippen molar-refractivity contribution in [1.29, 1.82) is 0 Å². The van der Waals surface area contributed by atoms with Crippen molar-refractivity contribution in [2.24, 2.45) is 0 Å².